The van der Waals surface area contributed by atoms with Gasteiger partial charge >= 0.3 is 0 Å². The van der Waals surface area contributed by atoms with Crippen LogP contribution < -0.4 is 20.1 Å². The Balaban J connectivity index is 2.21. The first-order valence-electron chi connectivity index (χ1n) is 5.72. The highest BCUT2D eigenvalue weighted by molar-refractivity contribution is 5.56. The van der Waals surface area contributed by atoms with Crippen LogP contribution in [-0.2, 0) is 0 Å². The minimum Gasteiger partial charge on any atom is -0.495 e. The lowest BCUT2D eigenvalue weighted by Gasteiger charge is -2.12. The summed E-state index contributed by atoms with van der Waals surface area (Å²) in [4.78, 5) is 10.2. The first-order chi connectivity index (χ1) is 9.10. The molecule has 0 amide bonds. The van der Waals surface area contributed by atoms with E-state index in [0.717, 1.165) is 0 Å². The Morgan fingerprint density at radius 2 is 2.00 bits per heavy atom. The van der Waals surface area contributed by atoms with E-state index in [4.69, 9.17) is 15.2 Å². The van der Waals surface area contributed by atoms with Crippen molar-refractivity contribution in [1.29, 1.82) is 0 Å². The van der Waals surface area contributed by atoms with Gasteiger partial charge in [-0.2, -0.15) is 4.98 Å². The van der Waals surface area contributed by atoms with Gasteiger partial charge in [0.15, 0.2) is 0 Å². The quantitative estimate of drug-likeness (QED) is 0.847. The Bertz CT molecular complexity index is 572. The first-order valence-corrected chi connectivity index (χ1v) is 5.72. The molecule has 0 aliphatic carbocycles. The predicted molar refractivity (Wildman–Crippen MR) is 73.8 cm³/mol. The zero-order chi connectivity index (χ0) is 13.8. The molecule has 2 rings (SSSR count). The molecule has 0 unspecified atom stereocenters. The Labute approximate surface area is 111 Å². The number of aromatic nitrogens is 2. The summed E-state index contributed by atoms with van der Waals surface area (Å²) >= 11 is 0. The van der Waals surface area contributed by atoms with Crippen LogP contribution in [0, 0.1) is 0 Å². The summed E-state index contributed by atoms with van der Waals surface area (Å²) in [6, 6.07) is 6.90. The second-order valence-corrected chi connectivity index (χ2v) is 4.10. The SMILES string of the molecule is COc1ccc(Oc2ccnc(N(C)C)n2)cc1N. The molecule has 0 radical (unpaired) electrons. The molecule has 0 spiro atoms. The minimum absolute atomic E-state index is 0.461. The van der Waals surface area contributed by atoms with Crippen LogP contribution in [0.2, 0.25) is 0 Å². The Morgan fingerprint density at radius 1 is 1.21 bits per heavy atom. The van der Waals surface area contributed by atoms with Gasteiger partial charge in [-0.3, -0.25) is 0 Å². The largest absolute Gasteiger partial charge is 0.495 e. The van der Waals surface area contributed by atoms with Crippen molar-refractivity contribution in [3.63, 3.8) is 0 Å². The van der Waals surface area contributed by atoms with Gasteiger partial charge in [-0.05, 0) is 12.1 Å². The predicted octanol–water partition coefficient (Wildman–Crippen LogP) is 1.93. The molecule has 0 fully saturated rings. The summed E-state index contributed by atoms with van der Waals surface area (Å²) in [6.07, 6.45) is 1.64. The van der Waals surface area contributed by atoms with E-state index in [-0.39, 0.29) is 0 Å². The number of methoxy groups -OCH3 is 1. The molecule has 1 aromatic heterocycles. The Morgan fingerprint density at radius 3 is 2.63 bits per heavy atom. The highest BCUT2D eigenvalue weighted by Gasteiger charge is 2.05. The fraction of sp³-hybridized carbons (Fsp3) is 0.231. The van der Waals surface area contributed by atoms with Gasteiger partial charge in [0.05, 0.1) is 12.8 Å². The number of nitrogens with zero attached hydrogens (tertiary/aromatic N) is 3. The van der Waals surface area contributed by atoms with E-state index in [1.54, 1.807) is 42.5 Å². The van der Waals surface area contributed by atoms with E-state index in [9.17, 15) is 0 Å². The van der Waals surface area contributed by atoms with Gasteiger partial charge in [-0.25, -0.2) is 4.98 Å². The first kappa shape index (κ1) is 12.9. The van der Waals surface area contributed by atoms with E-state index in [0.29, 0.717) is 29.0 Å². The van der Waals surface area contributed by atoms with Gasteiger partial charge < -0.3 is 20.1 Å². The van der Waals surface area contributed by atoms with E-state index in [1.807, 2.05) is 14.1 Å². The smallest absolute Gasteiger partial charge is 0.228 e. The molecule has 2 aromatic rings. The maximum Gasteiger partial charge on any atom is 0.228 e. The average Bonchev–Trinajstić information content (AvgIpc) is 2.39. The van der Waals surface area contributed by atoms with Crippen LogP contribution in [0.15, 0.2) is 30.5 Å². The lowest BCUT2D eigenvalue weighted by molar-refractivity contribution is 0.414. The molecule has 0 atom stereocenters. The maximum absolute atomic E-state index is 5.82. The number of rotatable bonds is 4. The summed E-state index contributed by atoms with van der Waals surface area (Å²) < 4.78 is 10.7. The third-order valence-electron chi connectivity index (χ3n) is 2.44. The fourth-order valence-electron chi connectivity index (χ4n) is 1.50. The van der Waals surface area contributed by atoms with Crippen LogP contribution >= 0.6 is 0 Å². The standard InChI is InChI=1S/C13H16N4O2/c1-17(2)13-15-7-6-12(16-13)19-9-4-5-11(18-3)10(14)8-9/h4-8H,14H2,1-3H3. The summed E-state index contributed by atoms with van der Waals surface area (Å²) in [7, 11) is 5.30. The lowest BCUT2D eigenvalue weighted by atomic mass is 10.3. The summed E-state index contributed by atoms with van der Waals surface area (Å²) in [6.45, 7) is 0. The number of benzene rings is 1. The molecule has 1 aromatic carbocycles. The van der Waals surface area contributed by atoms with Crippen molar-refractivity contribution in [2.75, 3.05) is 31.8 Å². The van der Waals surface area contributed by atoms with E-state index >= 15 is 0 Å². The van der Waals surface area contributed by atoms with Crippen molar-refractivity contribution in [3.8, 4) is 17.4 Å². The van der Waals surface area contributed by atoms with Gasteiger partial charge in [0.1, 0.15) is 11.5 Å². The van der Waals surface area contributed by atoms with Crippen molar-refractivity contribution in [3.05, 3.63) is 30.5 Å². The Hall–Kier alpha value is -2.50. The molecule has 1 heterocycles. The van der Waals surface area contributed by atoms with E-state index in [1.165, 1.54) is 0 Å². The second kappa shape index (κ2) is 5.43. The van der Waals surface area contributed by atoms with Crippen LogP contribution in [0.1, 0.15) is 0 Å². The van der Waals surface area contributed by atoms with E-state index in [2.05, 4.69) is 9.97 Å². The summed E-state index contributed by atoms with van der Waals surface area (Å²) in [5.74, 6) is 2.26. The topological polar surface area (TPSA) is 73.5 Å². The maximum atomic E-state index is 5.82. The van der Waals surface area contributed by atoms with Crippen LogP contribution in [0.4, 0.5) is 11.6 Å². The van der Waals surface area contributed by atoms with Crippen LogP contribution in [-0.4, -0.2) is 31.2 Å². The third kappa shape index (κ3) is 3.04. The van der Waals surface area contributed by atoms with Gasteiger partial charge in [0.2, 0.25) is 11.8 Å². The molecular weight excluding hydrogens is 244 g/mol. The second-order valence-electron chi connectivity index (χ2n) is 4.10. The van der Waals surface area contributed by atoms with E-state index < -0.39 is 0 Å². The highest BCUT2D eigenvalue weighted by Crippen LogP contribution is 2.28. The molecule has 100 valence electrons. The molecule has 0 saturated carbocycles. The van der Waals surface area contributed by atoms with Gasteiger partial charge in [0.25, 0.3) is 0 Å². The molecule has 6 nitrogen and oxygen atoms in total. The molecule has 0 saturated heterocycles. The van der Waals surface area contributed by atoms with Gasteiger partial charge in [-0.1, -0.05) is 0 Å². The minimum atomic E-state index is 0.461. The van der Waals surface area contributed by atoms with Crippen LogP contribution in [0.25, 0.3) is 0 Å². The van der Waals surface area contributed by atoms with Crippen molar-refractivity contribution in [2.24, 2.45) is 0 Å². The number of nitrogens with two attached hydrogens (primary N) is 1. The van der Waals surface area contributed by atoms with Crippen molar-refractivity contribution >= 4 is 11.6 Å². The van der Waals surface area contributed by atoms with Crippen molar-refractivity contribution in [1.82, 2.24) is 9.97 Å². The summed E-state index contributed by atoms with van der Waals surface area (Å²) in [5.41, 5.74) is 6.33. The van der Waals surface area contributed by atoms with Crippen molar-refractivity contribution in [2.45, 2.75) is 0 Å². The molecule has 19 heavy (non-hydrogen) atoms. The molecular formula is C13H16N4O2. The zero-order valence-electron chi connectivity index (χ0n) is 11.1. The lowest BCUT2D eigenvalue weighted by Crippen LogP contribution is -2.12. The average molecular weight is 260 g/mol. The molecule has 0 bridgehead atoms. The number of ether oxygens (including phenoxy) is 2. The number of hydrogen-bond acceptors (Lipinski definition) is 6. The third-order valence-corrected chi connectivity index (χ3v) is 2.44. The molecule has 6 heteroatoms. The van der Waals surface area contributed by atoms with Crippen molar-refractivity contribution < 1.29 is 9.47 Å². The zero-order valence-corrected chi connectivity index (χ0v) is 11.1. The van der Waals surface area contributed by atoms with Crippen LogP contribution in [0.5, 0.6) is 17.4 Å². The number of anilines is 2. The van der Waals surface area contributed by atoms with Crippen LogP contribution in [0.3, 0.4) is 0 Å². The number of hydrogen-bond donors (Lipinski definition) is 1. The fourth-order valence-corrected chi connectivity index (χ4v) is 1.50. The van der Waals surface area contributed by atoms with Gasteiger partial charge in [-0.15, -0.1) is 0 Å². The monoisotopic (exact) mass is 260 g/mol. The highest BCUT2D eigenvalue weighted by atomic mass is 16.5. The number of nitrogen functional groups attached to an aromatic ring is 1. The van der Waals surface area contributed by atoms with Gasteiger partial charge in [0, 0.05) is 32.4 Å². The molecule has 2 N–H and O–H groups in total. The molecule has 0 aliphatic rings. The molecule has 0 aliphatic heterocycles. The summed E-state index contributed by atoms with van der Waals surface area (Å²) in [5, 5.41) is 0. The normalized spacial score (nSPS) is 10.1. The Kier molecular flexibility index (Phi) is 3.70.